The van der Waals surface area contributed by atoms with Gasteiger partial charge in [0.15, 0.2) is 0 Å². The van der Waals surface area contributed by atoms with E-state index in [2.05, 4.69) is 20.7 Å². The van der Waals surface area contributed by atoms with Crippen LogP contribution in [-0.2, 0) is 10.0 Å². The van der Waals surface area contributed by atoms with E-state index in [1.54, 1.807) is 30.3 Å². The zero-order valence-electron chi connectivity index (χ0n) is 10.2. The zero-order valence-corrected chi connectivity index (χ0v) is 12.6. The van der Waals surface area contributed by atoms with Crippen LogP contribution in [0.1, 0.15) is 5.56 Å². The van der Waals surface area contributed by atoms with Crippen molar-refractivity contribution in [3.8, 4) is 0 Å². The summed E-state index contributed by atoms with van der Waals surface area (Å²) in [6.07, 6.45) is 0. The number of rotatable bonds is 3. The van der Waals surface area contributed by atoms with Gasteiger partial charge in [-0.1, -0.05) is 24.3 Å². The lowest BCUT2D eigenvalue weighted by Crippen LogP contribution is -2.15. The third-order valence-electron chi connectivity index (χ3n) is 2.64. The van der Waals surface area contributed by atoms with E-state index in [1.165, 1.54) is 6.07 Å². The van der Waals surface area contributed by atoms with Crippen LogP contribution < -0.4 is 10.5 Å². The van der Waals surface area contributed by atoms with E-state index in [0.29, 0.717) is 10.2 Å². The zero-order chi connectivity index (χ0) is 14.0. The van der Waals surface area contributed by atoms with Crippen LogP contribution >= 0.6 is 15.9 Å². The number of hydrogen-bond acceptors (Lipinski definition) is 3. The van der Waals surface area contributed by atoms with Crippen LogP contribution in [0.5, 0.6) is 0 Å². The predicted molar refractivity (Wildman–Crippen MR) is 80.5 cm³/mol. The average Bonchev–Trinajstić information content (AvgIpc) is 2.35. The molecule has 0 fully saturated rings. The molecule has 0 amide bonds. The molecule has 0 aromatic heterocycles. The van der Waals surface area contributed by atoms with E-state index in [-0.39, 0.29) is 10.6 Å². The van der Waals surface area contributed by atoms with Gasteiger partial charge in [0.25, 0.3) is 10.0 Å². The van der Waals surface area contributed by atoms with E-state index >= 15 is 0 Å². The lowest BCUT2D eigenvalue weighted by atomic mass is 10.2. The summed E-state index contributed by atoms with van der Waals surface area (Å²) in [5.74, 6) is 0. The number of nitrogens with two attached hydrogens (primary N) is 1. The minimum atomic E-state index is -3.69. The molecule has 0 radical (unpaired) electrons. The fourth-order valence-corrected chi connectivity index (χ4v) is 3.35. The molecule has 0 atom stereocenters. The lowest BCUT2D eigenvalue weighted by molar-refractivity contribution is 0.601. The first-order valence-electron chi connectivity index (χ1n) is 5.54. The molecule has 0 aliphatic carbocycles. The maximum absolute atomic E-state index is 12.3. The molecular weight excluding hydrogens is 328 g/mol. The molecule has 0 aliphatic rings. The van der Waals surface area contributed by atoms with Crippen molar-refractivity contribution in [2.45, 2.75) is 11.8 Å². The quantitative estimate of drug-likeness (QED) is 0.843. The van der Waals surface area contributed by atoms with Gasteiger partial charge in [0.05, 0.1) is 11.4 Å². The van der Waals surface area contributed by atoms with Gasteiger partial charge >= 0.3 is 0 Å². The molecular formula is C13H13BrN2O2S. The Morgan fingerprint density at radius 2 is 1.79 bits per heavy atom. The summed E-state index contributed by atoms with van der Waals surface area (Å²) in [5.41, 5.74) is 7.35. The smallest absolute Gasteiger partial charge is 0.263 e. The van der Waals surface area contributed by atoms with Crippen molar-refractivity contribution in [2.24, 2.45) is 0 Å². The lowest BCUT2D eigenvalue weighted by Gasteiger charge is -2.12. The van der Waals surface area contributed by atoms with Gasteiger partial charge in [-0.25, -0.2) is 8.42 Å². The van der Waals surface area contributed by atoms with Gasteiger partial charge in [-0.15, -0.1) is 0 Å². The molecule has 0 heterocycles. The molecule has 19 heavy (non-hydrogen) atoms. The predicted octanol–water partition coefficient (Wildman–Crippen LogP) is 3.14. The van der Waals surface area contributed by atoms with Gasteiger partial charge in [0.2, 0.25) is 0 Å². The third kappa shape index (κ3) is 2.90. The van der Waals surface area contributed by atoms with E-state index in [9.17, 15) is 8.42 Å². The van der Waals surface area contributed by atoms with Crippen LogP contribution in [-0.4, -0.2) is 8.42 Å². The number of benzene rings is 2. The highest BCUT2D eigenvalue weighted by molar-refractivity contribution is 9.10. The fraction of sp³-hybridized carbons (Fsp3) is 0.0769. The Bertz CT molecular complexity index is 714. The summed E-state index contributed by atoms with van der Waals surface area (Å²) in [6, 6.07) is 11.7. The Morgan fingerprint density at radius 3 is 2.47 bits per heavy atom. The Hall–Kier alpha value is -1.53. The van der Waals surface area contributed by atoms with Gasteiger partial charge in [0, 0.05) is 4.47 Å². The summed E-state index contributed by atoms with van der Waals surface area (Å²) in [5, 5.41) is 0. The van der Waals surface area contributed by atoms with Gasteiger partial charge in [-0.05, 0) is 46.6 Å². The first-order valence-corrected chi connectivity index (χ1v) is 7.82. The molecule has 0 unspecified atom stereocenters. The Morgan fingerprint density at radius 1 is 1.11 bits per heavy atom. The van der Waals surface area contributed by atoms with Gasteiger partial charge in [-0.3, -0.25) is 4.72 Å². The fourth-order valence-electron chi connectivity index (χ4n) is 1.65. The van der Waals surface area contributed by atoms with Crippen molar-refractivity contribution in [1.29, 1.82) is 0 Å². The molecule has 0 saturated carbocycles. The molecule has 0 saturated heterocycles. The molecule has 100 valence electrons. The highest BCUT2D eigenvalue weighted by atomic mass is 79.9. The minimum Gasteiger partial charge on any atom is -0.398 e. The second-order valence-electron chi connectivity index (χ2n) is 4.08. The second kappa shape index (κ2) is 5.22. The Balaban J connectivity index is 2.43. The summed E-state index contributed by atoms with van der Waals surface area (Å²) in [4.78, 5) is 0.0726. The van der Waals surface area contributed by atoms with Crippen LogP contribution in [0.3, 0.4) is 0 Å². The minimum absolute atomic E-state index is 0.0726. The average molecular weight is 341 g/mol. The molecule has 0 spiro atoms. The molecule has 0 aliphatic heterocycles. The van der Waals surface area contributed by atoms with Gasteiger partial charge < -0.3 is 5.73 Å². The SMILES string of the molecule is Cc1cccc(NS(=O)(=O)c2ccccc2N)c1Br. The van der Waals surface area contributed by atoms with Crippen molar-refractivity contribution in [3.05, 3.63) is 52.5 Å². The van der Waals surface area contributed by atoms with Crippen molar-refractivity contribution in [1.82, 2.24) is 0 Å². The van der Waals surface area contributed by atoms with E-state index in [1.807, 2.05) is 13.0 Å². The first-order chi connectivity index (χ1) is 8.92. The highest BCUT2D eigenvalue weighted by Gasteiger charge is 2.18. The number of para-hydroxylation sites is 1. The van der Waals surface area contributed by atoms with Crippen LogP contribution in [0.2, 0.25) is 0 Å². The van der Waals surface area contributed by atoms with Crippen LogP contribution in [0, 0.1) is 6.92 Å². The van der Waals surface area contributed by atoms with E-state index in [4.69, 9.17) is 5.73 Å². The summed E-state index contributed by atoms with van der Waals surface area (Å²) in [6.45, 7) is 1.89. The Kier molecular flexibility index (Phi) is 3.82. The van der Waals surface area contributed by atoms with E-state index < -0.39 is 10.0 Å². The highest BCUT2D eigenvalue weighted by Crippen LogP contribution is 2.29. The molecule has 3 N–H and O–H groups in total. The van der Waals surface area contributed by atoms with Crippen molar-refractivity contribution in [2.75, 3.05) is 10.5 Å². The largest absolute Gasteiger partial charge is 0.398 e. The van der Waals surface area contributed by atoms with Crippen LogP contribution in [0.15, 0.2) is 51.8 Å². The van der Waals surface area contributed by atoms with Gasteiger partial charge in [0.1, 0.15) is 4.90 Å². The third-order valence-corrected chi connectivity index (χ3v) is 5.14. The monoisotopic (exact) mass is 340 g/mol. The van der Waals surface area contributed by atoms with Crippen LogP contribution in [0.25, 0.3) is 0 Å². The van der Waals surface area contributed by atoms with Gasteiger partial charge in [-0.2, -0.15) is 0 Å². The summed E-state index contributed by atoms with van der Waals surface area (Å²) < 4.78 is 27.8. The standard InChI is InChI=1S/C13H13BrN2O2S/c1-9-5-4-7-11(13(9)14)16-19(17,18)12-8-3-2-6-10(12)15/h2-8,16H,15H2,1H3. The van der Waals surface area contributed by atoms with E-state index in [0.717, 1.165) is 5.56 Å². The number of nitrogens with one attached hydrogen (secondary N) is 1. The maximum atomic E-state index is 12.3. The summed E-state index contributed by atoms with van der Waals surface area (Å²) in [7, 11) is -3.69. The summed E-state index contributed by atoms with van der Waals surface area (Å²) >= 11 is 3.37. The topological polar surface area (TPSA) is 72.2 Å². The molecule has 0 bridgehead atoms. The molecule has 4 nitrogen and oxygen atoms in total. The first kappa shape index (κ1) is 13.9. The van der Waals surface area contributed by atoms with Crippen LogP contribution in [0.4, 0.5) is 11.4 Å². The van der Waals surface area contributed by atoms with Crippen molar-refractivity contribution in [3.63, 3.8) is 0 Å². The molecule has 2 rings (SSSR count). The van der Waals surface area contributed by atoms with Crippen molar-refractivity contribution >= 4 is 37.3 Å². The molecule has 2 aromatic rings. The normalized spacial score (nSPS) is 11.3. The number of anilines is 2. The number of sulfonamides is 1. The molecule has 6 heteroatoms. The maximum Gasteiger partial charge on any atom is 0.263 e. The van der Waals surface area contributed by atoms with Crippen molar-refractivity contribution < 1.29 is 8.42 Å². The number of aryl methyl sites for hydroxylation is 1. The molecule has 2 aromatic carbocycles. The second-order valence-corrected chi connectivity index (χ2v) is 6.52. The Labute approximate surface area is 120 Å². The number of hydrogen-bond donors (Lipinski definition) is 2. The number of nitrogen functional groups attached to an aromatic ring is 1. The number of halogens is 1.